The second kappa shape index (κ2) is 10.2. The summed E-state index contributed by atoms with van der Waals surface area (Å²) in [5, 5.41) is 12.0. The fraction of sp³-hybridized carbons (Fsp3) is 0.333. The van der Waals surface area contributed by atoms with E-state index in [-0.39, 0.29) is 6.42 Å². The van der Waals surface area contributed by atoms with Gasteiger partial charge in [-0.3, -0.25) is 9.59 Å². The molecule has 28 heavy (non-hydrogen) atoms. The SMILES string of the molecule is CCCOc1ccc([C@@H](CC(=O)O)NC(=O)c2ccc(OC)c(OC)c2)cc1. The number of carboxylic acids is 1. The van der Waals surface area contributed by atoms with Crippen LogP contribution in [0.5, 0.6) is 17.2 Å². The van der Waals surface area contributed by atoms with Crippen molar-refractivity contribution in [3.05, 3.63) is 53.6 Å². The first-order valence-corrected chi connectivity index (χ1v) is 8.96. The minimum absolute atomic E-state index is 0.242. The molecule has 0 aliphatic rings. The van der Waals surface area contributed by atoms with Crippen LogP contribution in [0.25, 0.3) is 0 Å². The highest BCUT2D eigenvalue weighted by Crippen LogP contribution is 2.28. The van der Waals surface area contributed by atoms with Gasteiger partial charge in [-0.25, -0.2) is 0 Å². The standard InChI is InChI=1S/C21H25NO6/c1-4-11-28-16-8-5-14(6-9-16)17(13-20(23)24)22-21(25)15-7-10-18(26-2)19(12-15)27-3/h5-10,12,17H,4,11,13H2,1-3H3,(H,22,25)(H,23,24)/t17-/m1/s1. The Balaban J connectivity index is 2.19. The minimum atomic E-state index is -1.01. The summed E-state index contributed by atoms with van der Waals surface area (Å²) >= 11 is 0. The second-order valence-corrected chi connectivity index (χ2v) is 6.11. The largest absolute Gasteiger partial charge is 0.494 e. The summed E-state index contributed by atoms with van der Waals surface area (Å²) in [4.78, 5) is 23.9. The smallest absolute Gasteiger partial charge is 0.305 e. The van der Waals surface area contributed by atoms with Gasteiger partial charge < -0.3 is 24.6 Å². The Bertz CT molecular complexity index is 803. The van der Waals surface area contributed by atoms with Gasteiger partial charge in [-0.1, -0.05) is 19.1 Å². The first-order valence-electron chi connectivity index (χ1n) is 8.96. The monoisotopic (exact) mass is 387 g/mol. The molecular formula is C21H25NO6. The van der Waals surface area contributed by atoms with Gasteiger partial charge in [0, 0.05) is 5.56 Å². The maximum absolute atomic E-state index is 12.7. The molecule has 0 unspecified atom stereocenters. The van der Waals surface area contributed by atoms with Gasteiger partial charge in [0.1, 0.15) is 5.75 Å². The predicted octanol–water partition coefficient (Wildman–Crippen LogP) is 3.44. The van der Waals surface area contributed by atoms with E-state index in [1.807, 2.05) is 6.92 Å². The first kappa shape index (κ1) is 21.1. The Labute approximate surface area is 164 Å². The van der Waals surface area contributed by atoms with Gasteiger partial charge in [0.05, 0.1) is 33.3 Å². The number of hydrogen-bond acceptors (Lipinski definition) is 5. The number of aliphatic carboxylic acids is 1. The van der Waals surface area contributed by atoms with Gasteiger partial charge in [0.2, 0.25) is 0 Å². The molecule has 7 heteroatoms. The minimum Gasteiger partial charge on any atom is -0.494 e. The Hall–Kier alpha value is -3.22. The average Bonchev–Trinajstić information content (AvgIpc) is 2.71. The van der Waals surface area contributed by atoms with Crippen molar-refractivity contribution in [3.63, 3.8) is 0 Å². The Morgan fingerprint density at radius 1 is 1.04 bits per heavy atom. The van der Waals surface area contributed by atoms with E-state index in [0.29, 0.717) is 35.0 Å². The van der Waals surface area contributed by atoms with Crippen LogP contribution in [0.1, 0.15) is 41.7 Å². The Morgan fingerprint density at radius 3 is 2.29 bits per heavy atom. The number of amides is 1. The lowest BCUT2D eigenvalue weighted by Crippen LogP contribution is -2.30. The molecule has 2 aromatic carbocycles. The van der Waals surface area contributed by atoms with Crippen molar-refractivity contribution in [3.8, 4) is 17.2 Å². The van der Waals surface area contributed by atoms with Crippen LogP contribution in [0.2, 0.25) is 0 Å². The summed E-state index contributed by atoms with van der Waals surface area (Å²) in [5.74, 6) is 0.208. The van der Waals surface area contributed by atoms with Gasteiger partial charge in [-0.2, -0.15) is 0 Å². The lowest BCUT2D eigenvalue weighted by atomic mass is 10.0. The van der Waals surface area contributed by atoms with Crippen LogP contribution in [0.15, 0.2) is 42.5 Å². The highest BCUT2D eigenvalue weighted by molar-refractivity contribution is 5.95. The lowest BCUT2D eigenvalue weighted by molar-refractivity contribution is -0.137. The molecule has 0 radical (unpaired) electrons. The zero-order chi connectivity index (χ0) is 20.5. The van der Waals surface area contributed by atoms with E-state index in [1.54, 1.807) is 42.5 Å². The van der Waals surface area contributed by atoms with E-state index < -0.39 is 17.9 Å². The first-order chi connectivity index (χ1) is 13.5. The van der Waals surface area contributed by atoms with Crippen LogP contribution in [0.3, 0.4) is 0 Å². The number of rotatable bonds is 10. The van der Waals surface area contributed by atoms with Gasteiger partial charge >= 0.3 is 5.97 Å². The molecule has 0 spiro atoms. The highest BCUT2D eigenvalue weighted by atomic mass is 16.5. The zero-order valence-corrected chi connectivity index (χ0v) is 16.2. The maximum Gasteiger partial charge on any atom is 0.305 e. The fourth-order valence-electron chi connectivity index (χ4n) is 2.66. The number of carbonyl (C=O) groups is 2. The van der Waals surface area contributed by atoms with Crippen LogP contribution in [-0.2, 0) is 4.79 Å². The van der Waals surface area contributed by atoms with Crippen molar-refractivity contribution in [2.45, 2.75) is 25.8 Å². The number of ether oxygens (including phenoxy) is 3. The quantitative estimate of drug-likeness (QED) is 0.649. The van der Waals surface area contributed by atoms with Crippen LogP contribution in [-0.4, -0.2) is 37.8 Å². The summed E-state index contributed by atoms with van der Waals surface area (Å²) in [6, 6.07) is 11.1. The van der Waals surface area contributed by atoms with E-state index in [2.05, 4.69) is 5.32 Å². The predicted molar refractivity (Wildman–Crippen MR) is 104 cm³/mol. The van der Waals surface area contributed by atoms with Crippen LogP contribution in [0.4, 0.5) is 0 Å². The van der Waals surface area contributed by atoms with Gasteiger partial charge in [0.25, 0.3) is 5.91 Å². The number of carboxylic acid groups (broad SMARTS) is 1. The molecule has 0 bridgehead atoms. The van der Waals surface area contributed by atoms with E-state index in [1.165, 1.54) is 14.2 Å². The Kier molecular flexibility index (Phi) is 7.68. The molecule has 1 amide bonds. The molecule has 0 fully saturated rings. The molecule has 0 saturated carbocycles. The molecule has 2 aromatic rings. The molecule has 150 valence electrons. The number of nitrogens with one attached hydrogen (secondary N) is 1. The molecule has 0 aromatic heterocycles. The van der Waals surface area contributed by atoms with Crippen molar-refractivity contribution in [1.29, 1.82) is 0 Å². The summed E-state index contributed by atoms with van der Waals surface area (Å²) in [7, 11) is 2.99. The highest BCUT2D eigenvalue weighted by Gasteiger charge is 2.20. The summed E-state index contributed by atoms with van der Waals surface area (Å²) < 4.78 is 15.9. The molecule has 2 rings (SSSR count). The third-order valence-electron chi connectivity index (χ3n) is 4.09. The maximum atomic E-state index is 12.7. The van der Waals surface area contributed by atoms with Crippen molar-refractivity contribution >= 4 is 11.9 Å². The summed E-state index contributed by atoms with van der Waals surface area (Å²) in [6.45, 7) is 2.62. The molecule has 0 aliphatic heterocycles. The number of benzene rings is 2. The molecule has 0 heterocycles. The van der Waals surface area contributed by atoms with Gasteiger partial charge in [-0.15, -0.1) is 0 Å². The molecule has 0 aliphatic carbocycles. The number of hydrogen-bond donors (Lipinski definition) is 2. The van der Waals surface area contributed by atoms with E-state index in [4.69, 9.17) is 14.2 Å². The van der Waals surface area contributed by atoms with Gasteiger partial charge in [0.15, 0.2) is 11.5 Å². The summed E-state index contributed by atoms with van der Waals surface area (Å²) in [5.41, 5.74) is 1.02. The van der Waals surface area contributed by atoms with Crippen LogP contribution >= 0.6 is 0 Å². The fourth-order valence-corrected chi connectivity index (χ4v) is 2.66. The van der Waals surface area contributed by atoms with Crippen LogP contribution in [0, 0.1) is 0 Å². The van der Waals surface area contributed by atoms with Crippen molar-refractivity contribution in [2.24, 2.45) is 0 Å². The molecule has 7 nitrogen and oxygen atoms in total. The third kappa shape index (κ3) is 5.64. The molecule has 2 N–H and O–H groups in total. The van der Waals surface area contributed by atoms with E-state index in [0.717, 1.165) is 6.42 Å². The second-order valence-electron chi connectivity index (χ2n) is 6.11. The topological polar surface area (TPSA) is 94.1 Å². The third-order valence-corrected chi connectivity index (χ3v) is 4.09. The Morgan fingerprint density at radius 2 is 1.71 bits per heavy atom. The van der Waals surface area contributed by atoms with Gasteiger partial charge in [-0.05, 0) is 42.3 Å². The van der Waals surface area contributed by atoms with Crippen LogP contribution < -0.4 is 19.5 Å². The summed E-state index contributed by atoms with van der Waals surface area (Å²) in [6.07, 6.45) is 0.652. The van der Waals surface area contributed by atoms with E-state index >= 15 is 0 Å². The van der Waals surface area contributed by atoms with E-state index in [9.17, 15) is 14.7 Å². The lowest BCUT2D eigenvalue weighted by Gasteiger charge is -2.18. The average molecular weight is 387 g/mol. The molecule has 0 saturated heterocycles. The van der Waals surface area contributed by atoms with Crippen molar-refractivity contribution in [1.82, 2.24) is 5.32 Å². The molecule has 1 atom stereocenters. The molecular weight excluding hydrogens is 362 g/mol. The van der Waals surface area contributed by atoms with Crippen molar-refractivity contribution in [2.75, 3.05) is 20.8 Å². The van der Waals surface area contributed by atoms with Crippen molar-refractivity contribution < 1.29 is 28.9 Å². The zero-order valence-electron chi connectivity index (χ0n) is 16.2. The normalized spacial score (nSPS) is 11.4. The number of carbonyl (C=O) groups excluding carboxylic acids is 1. The number of methoxy groups -OCH3 is 2.